The molecule has 0 N–H and O–H groups in total. The van der Waals surface area contributed by atoms with Crippen LogP contribution in [0.1, 0.15) is 12.6 Å². The topological polar surface area (TPSA) is 30.7 Å². The molecule has 0 saturated carbocycles. The summed E-state index contributed by atoms with van der Waals surface area (Å²) >= 11 is 0. The molecule has 0 aliphatic carbocycles. The Balaban J connectivity index is 2.71. The van der Waals surface area contributed by atoms with Crippen LogP contribution < -0.4 is 0 Å². The second kappa shape index (κ2) is 2.59. The normalized spacial score (nSPS) is 10.8. The van der Waals surface area contributed by atoms with E-state index in [1.165, 1.54) is 0 Å². The molecule has 0 saturated heterocycles. The summed E-state index contributed by atoms with van der Waals surface area (Å²) in [6, 6.07) is 4.04. The van der Waals surface area contributed by atoms with Crippen LogP contribution in [0, 0.1) is 0 Å². The molecule has 0 atom stereocenters. The van der Waals surface area contributed by atoms with Crippen molar-refractivity contribution in [1.82, 2.24) is 14.5 Å². The monoisotopic (exact) mass is 161 g/mol. The maximum Gasteiger partial charge on any atom is 0.159 e. The van der Waals surface area contributed by atoms with E-state index in [0.29, 0.717) is 0 Å². The highest BCUT2D eigenvalue weighted by Gasteiger charge is 2.00. The van der Waals surface area contributed by atoms with Crippen molar-refractivity contribution in [1.29, 1.82) is 0 Å². The lowest BCUT2D eigenvalue weighted by Crippen LogP contribution is -1.91. The molecule has 3 heteroatoms. The van der Waals surface area contributed by atoms with Crippen LogP contribution in [-0.4, -0.2) is 14.5 Å². The molecule has 2 heterocycles. The molecule has 12 heavy (non-hydrogen) atoms. The molecule has 2 aromatic heterocycles. The first kappa shape index (κ1) is 7.28. The molecule has 0 radical (unpaired) electrons. The summed E-state index contributed by atoms with van der Waals surface area (Å²) in [5.74, 6) is 0. The molecular formula is C9H11N3. The number of aromatic nitrogens is 3. The van der Waals surface area contributed by atoms with Gasteiger partial charge in [0.2, 0.25) is 0 Å². The van der Waals surface area contributed by atoms with Gasteiger partial charge in [-0.2, -0.15) is 0 Å². The zero-order valence-electron chi connectivity index (χ0n) is 7.28. The lowest BCUT2D eigenvalue weighted by Gasteiger charge is -1.96. The van der Waals surface area contributed by atoms with Crippen LogP contribution in [-0.2, 0) is 13.5 Å². The number of fused-ring (bicyclic) bond motifs is 1. The first-order chi connectivity index (χ1) is 5.81. The van der Waals surface area contributed by atoms with E-state index in [1.807, 2.05) is 23.7 Å². The van der Waals surface area contributed by atoms with E-state index >= 15 is 0 Å². The maximum absolute atomic E-state index is 4.45. The summed E-state index contributed by atoms with van der Waals surface area (Å²) in [6.07, 6.45) is 2.76. The van der Waals surface area contributed by atoms with E-state index in [-0.39, 0.29) is 0 Å². The van der Waals surface area contributed by atoms with Gasteiger partial charge in [0.25, 0.3) is 0 Å². The van der Waals surface area contributed by atoms with Gasteiger partial charge in [0.1, 0.15) is 5.52 Å². The third-order valence-corrected chi connectivity index (χ3v) is 1.98. The Morgan fingerprint density at radius 3 is 3.00 bits per heavy atom. The van der Waals surface area contributed by atoms with Crippen LogP contribution in [0.5, 0.6) is 0 Å². The molecule has 2 rings (SSSR count). The van der Waals surface area contributed by atoms with Gasteiger partial charge in [-0.05, 0) is 18.6 Å². The first-order valence-corrected chi connectivity index (χ1v) is 4.08. The van der Waals surface area contributed by atoms with Gasteiger partial charge in [0.05, 0.1) is 6.33 Å². The summed E-state index contributed by atoms with van der Waals surface area (Å²) in [4.78, 5) is 8.65. The molecular weight excluding hydrogens is 150 g/mol. The van der Waals surface area contributed by atoms with E-state index in [2.05, 4.69) is 16.9 Å². The molecule has 0 fully saturated rings. The quantitative estimate of drug-likeness (QED) is 0.635. The highest BCUT2D eigenvalue weighted by atomic mass is 15.1. The van der Waals surface area contributed by atoms with Crippen LogP contribution in [0.25, 0.3) is 11.2 Å². The van der Waals surface area contributed by atoms with Crippen molar-refractivity contribution in [3.05, 3.63) is 24.2 Å². The van der Waals surface area contributed by atoms with E-state index in [9.17, 15) is 0 Å². The van der Waals surface area contributed by atoms with Crippen LogP contribution >= 0.6 is 0 Å². The van der Waals surface area contributed by atoms with Crippen molar-refractivity contribution in [3.63, 3.8) is 0 Å². The van der Waals surface area contributed by atoms with Crippen LogP contribution in [0.2, 0.25) is 0 Å². The third-order valence-electron chi connectivity index (χ3n) is 1.98. The second-order valence-corrected chi connectivity index (χ2v) is 2.85. The smallest absolute Gasteiger partial charge is 0.159 e. The second-order valence-electron chi connectivity index (χ2n) is 2.85. The number of imidazole rings is 1. The fourth-order valence-corrected chi connectivity index (χ4v) is 1.24. The van der Waals surface area contributed by atoms with Gasteiger partial charge in [0.15, 0.2) is 5.65 Å². The van der Waals surface area contributed by atoms with Crippen molar-refractivity contribution in [2.75, 3.05) is 0 Å². The molecule has 0 aliphatic rings. The molecule has 2 aromatic rings. The minimum Gasteiger partial charge on any atom is -0.318 e. The van der Waals surface area contributed by atoms with Crippen molar-refractivity contribution in [3.8, 4) is 0 Å². The Hall–Kier alpha value is -1.38. The highest BCUT2D eigenvalue weighted by Crippen LogP contribution is 2.09. The Morgan fingerprint density at radius 2 is 2.25 bits per heavy atom. The third kappa shape index (κ3) is 0.978. The van der Waals surface area contributed by atoms with Gasteiger partial charge in [-0.3, -0.25) is 0 Å². The van der Waals surface area contributed by atoms with E-state index in [4.69, 9.17) is 0 Å². The minimum atomic E-state index is 0.967. The summed E-state index contributed by atoms with van der Waals surface area (Å²) < 4.78 is 1.94. The fraction of sp³-hybridized carbons (Fsp3) is 0.333. The Kier molecular flexibility index (Phi) is 1.57. The SMILES string of the molecule is CCc1ccc2ncn(C)c2n1. The molecule has 3 nitrogen and oxygen atoms in total. The van der Waals surface area contributed by atoms with Crippen LogP contribution in [0.15, 0.2) is 18.5 Å². The van der Waals surface area contributed by atoms with Gasteiger partial charge in [0, 0.05) is 12.7 Å². The standard InChI is InChI=1S/C9H11N3/c1-3-7-4-5-8-9(11-7)12(2)6-10-8/h4-6H,3H2,1-2H3. The molecule has 0 amide bonds. The average Bonchev–Trinajstić information content (AvgIpc) is 2.47. The van der Waals surface area contributed by atoms with Crippen LogP contribution in [0.3, 0.4) is 0 Å². The summed E-state index contributed by atoms with van der Waals surface area (Å²) in [7, 11) is 1.96. The fourth-order valence-electron chi connectivity index (χ4n) is 1.24. The van der Waals surface area contributed by atoms with E-state index in [0.717, 1.165) is 23.3 Å². The largest absolute Gasteiger partial charge is 0.318 e. The number of aryl methyl sites for hydroxylation is 2. The molecule has 0 bridgehead atoms. The van der Waals surface area contributed by atoms with Gasteiger partial charge in [-0.15, -0.1) is 0 Å². The van der Waals surface area contributed by atoms with Crippen molar-refractivity contribution >= 4 is 11.2 Å². The van der Waals surface area contributed by atoms with Crippen LogP contribution in [0.4, 0.5) is 0 Å². The Bertz CT molecular complexity index is 403. The maximum atomic E-state index is 4.45. The van der Waals surface area contributed by atoms with Gasteiger partial charge >= 0.3 is 0 Å². The Morgan fingerprint density at radius 1 is 1.42 bits per heavy atom. The lowest BCUT2D eigenvalue weighted by molar-refractivity contribution is 0.919. The number of hydrogen-bond donors (Lipinski definition) is 0. The van der Waals surface area contributed by atoms with E-state index < -0.39 is 0 Å². The zero-order chi connectivity index (χ0) is 8.55. The molecule has 0 aromatic carbocycles. The average molecular weight is 161 g/mol. The van der Waals surface area contributed by atoms with Gasteiger partial charge < -0.3 is 4.57 Å². The molecule has 0 aliphatic heterocycles. The van der Waals surface area contributed by atoms with E-state index in [1.54, 1.807) is 6.33 Å². The lowest BCUT2D eigenvalue weighted by atomic mass is 10.3. The zero-order valence-corrected chi connectivity index (χ0v) is 7.28. The summed E-state index contributed by atoms with van der Waals surface area (Å²) in [5, 5.41) is 0. The van der Waals surface area contributed by atoms with Gasteiger partial charge in [-0.25, -0.2) is 9.97 Å². The number of hydrogen-bond acceptors (Lipinski definition) is 2. The molecule has 0 spiro atoms. The van der Waals surface area contributed by atoms with Crippen molar-refractivity contribution < 1.29 is 0 Å². The minimum absolute atomic E-state index is 0.967. The van der Waals surface area contributed by atoms with Gasteiger partial charge in [-0.1, -0.05) is 6.92 Å². The number of nitrogens with zero attached hydrogens (tertiary/aromatic N) is 3. The number of rotatable bonds is 1. The molecule has 0 unspecified atom stereocenters. The van der Waals surface area contributed by atoms with Crippen molar-refractivity contribution in [2.24, 2.45) is 7.05 Å². The molecule has 62 valence electrons. The Labute approximate surface area is 71.1 Å². The predicted octanol–water partition coefficient (Wildman–Crippen LogP) is 1.53. The highest BCUT2D eigenvalue weighted by molar-refractivity contribution is 5.70. The number of pyridine rings is 1. The summed E-state index contributed by atoms with van der Waals surface area (Å²) in [6.45, 7) is 2.10. The predicted molar refractivity (Wildman–Crippen MR) is 47.9 cm³/mol. The summed E-state index contributed by atoms with van der Waals surface area (Å²) in [5.41, 5.74) is 3.05. The van der Waals surface area contributed by atoms with Crippen molar-refractivity contribution in [2.45, 2.75) is 13.3 Å². The first-order valence-electron chi connectivity index (χ1n) is 4.08.